The largest absolute Gasteiger partial charge is 0.198 e. The number of nitriles is 1. The van der Waals surface area contributed by atoms with Gasteiger partial charge in [-0.15, -0.1) is 0 Å². The molecule has 172 valence electrons. The summed E-state index contributed by atoms with van der Waals surface area (Å²) in [6, 6.07) is 2.91. The van der Waals surface area contributed by atoms with E-state index in [0.717, 1.165) is 23.7 Å². The highest BCUT2D eigenvalue weighted by molar-refractivity contribution is 5.06. The van der Waals surface area contributed by atoms with Gasteiger partial charge in [0.25, 0.3) is 0 Å². The number of hydrogen-bond donors (Lipinski definition) is 0. The Morgan fingerprint density at radius 1 is 0.633 bits per heavy atom. The molecule has 3 saturated carbocycles. The highest BCUT2D eigenvalue weighted by Crippen LogP contribution is 2.52. The number of rotatable bonds is 10. The van der Waals surface area contributed by atoms with Gasteiger partial charge in [-0.1, -0.05) is 78.1 Å². The van der Waals surface area contributed by atoms with E-state index in [1.54, 1.807) is 0 Å². The molecule has 3 rings (SSSR count). The molecule has 0 aliphatic heterocycles. The van der Waals surface area contributed by atoms with E-state index in [4.69, 9.17) is 0 Å². The van der Waals surface area contributed by atoms with Gasteiger partial charge in [0.1, 0.15) is 0 Å². The van der Waals surface area contributed by atoms with E-state index in [0.29, 0.717) is 5.92 Å². The van der Waals surface area contributed by atoms with Crippen molar-refractivity contribution >= 4 is 0 Å². The Kier molecular flexibility index (Phi) is 10.1. The zero-order valence-corrected chi connectivity index (χ0v) is 20.5. The van der Waals surface area contributed by atoms with Gasteiger partial charge in [-0.05, 0) is 93.8 Å². The van der Waals surface area contributed by atoms with Crippen molar-refractivity contribution in [1.29, 1.82) is 5.26 Å². The minimum atomic E-state index is 0.0441. The molecule has 1 nitrogen and oxygen atoms in total. The lowest BCUT2D eigenvalue weighted by atomic mass is 9.58. The lowest BCUT2D eigenvalue weighted by Crippen LogP contribution is -2.37. The van der Waals surface area contributed by atoms with Crippen LogP contribution in [0.2, 0.25) is 0 Å². The molecule has 0 aromatic heterocycles. The number of nitrogens with zero attached hydrogens (tertiary/aromatic N) is 1. The summed E-state index contributed by atoms with van der Waals surface area (Å²) >= 11 is 0. The zero-order valence-electron chi connectivity index (χ0n) is 20.5. The average molecular weight is 414 g/mol. The van der Waals surface area contributed by atoms with Crippen LogP contribution >= 0.6 is 0 Å². The van der Waals surface area contributed by atoms with Gasteiger partial charge in [-0.25, -0.2) is 0 Å². The van der Waals surface area contributed by atoms with Crippen LogP contribution in [-0.4, -0.2) is 0 Å². The van der Waals surface area contributed by atoms with Crippen LogP contribution in [0.5, 0.6) is 0 Å². The summed E-state index contributed by atoms with van der Waals surface area (Å²) in [5.41, 5.74) is 0.0441. The van der Waals surface area contributed by atoms with E-state index in [2.05, 4.69) is 19.9 Å². The predicted molar refractivity (Wildman–Crippen MR) is 129 cm³/mol. The fourth-order valence-electron chi connectivity index (χ4n) is 7.63. The van der Waals surface area contributed by atoms with E-state index < -0.39 is 0 Å². The quantitative estimate of drug-likeness (QED) is 0.327. The van der Waals surface area contributed by atoms with Crippen LogP contribution in [0.1, 0.15) is 142 Å². The average Bonchev–Trinajstić information content (AvgIpc) is 2.80. The molecule has 3 fully saturated rings. The normalized spacial score (nSPS) is 37.6. The topological polar surface area (TPSA) is 23.8 Å². The van der Waals surface area contributed by atoms with Crippen LogP contribution in [0.25, 0.3) is 0 Å². The molecule has 0 N–H and O–H groups in total. The first-order valence-corrected chi connectivity index (χ1v) is 14.1. The molecule has 0 bridgehead atoms. The molecule has 0 atom stereocenters. The van der Waals surface area contributed by atoms with Crippen LogP contribution in [0.4, 0.5) is 0 Å². The first-order valence-electron chi connectivity index (χ1n) is 14.1. The van der Waals surface area contributed by atoms with Crippen molar-refractivity contribution in [3.63, 3.8) is 0 Å². The summed E-state index contributed by atoms with van der Waals surface area (Å²) in [7, 11) is 0. The number of hydrogen-bond acceptors (Lipinski definition) is 1. The molecule has 0 aromatic rings. The summed E-state index contributed by atoms with van der Waals surface area (Å²) < 4.78 is 0. The third-order valence-corrected chi connectivity index (χ3v) is 9.74. The Hall–Kier alpha value is -0.510. The summed E-state index contributed by atoms with van der Waals surface area (Å²) in [4.78, 5) is 0. The van der Waals surface area contributed by atoms with Crippen LogP contribution in [0, 0.1) is 46.3 Å². The van der Waals surface area contributed by atoms with Crippen molar-refractivity contribution in [3.8, 4) is 6.07 Å². The van der Waals surface area contributed by atoms with Crippen molar-refractivity contribution < 1.29 is 0 Å². The SMILES string of the molecule is CCCCCCCC1CCC(C#N)(C2CCC(C3CCC(CCC)CC3)CC2)CC1. The predicted octanol–water partition coefficient (Wildman–Crippen LogP) is 9.46. The van der Waals surface area contributed by atoms with Gasteiger partial charge in [0.15, 0.2) is 0 Å². The summed E-state index contributed by atoms with van der Waals surface area (Å²) in [5, 5.41) is 10.2. The molecule has 3 aliphatic carbocycles. The van der Waals surface area contributed by atoms with Crippen molar-refractivity contribution in [2.75, 3.05) is 0 Å². The molecule has 3 aliphatic rings. The maximum Gasteiger partial charge on any atom is 0.0692 e. The third-order valence-electron chi connectivity index (χ3n) is 9.74. The lowest BCUT2D eigenvalue weighted by molar-refractivity contribution is 0.0647. The van der Waals surface area contributed by atoms with Crippen molar-refractivity contribution in [3.05, 3.63) is 0 Å². The summed E-state index contributed by atoms with van der Waals surface area (Å²) in [5.74, 6) is 4.66. The molecule has 0 spiro atoms. The highest BCUT2D eigenvalue weighted by Gasteiger charge is 2.44. The fraction of sp³-hybridized carbons (Fsp3) is 0.966. The van der Waals surface area contributed by atoms with Crippen LogP contribution in [0.15, 0.2) is 0 Å². The first-order chi connectivity index (χ1) is 14.7. The summed E-state index contributed by atoms with van der Waals surface area (Å²) in [6.45, 7) is 4.65. The first kappa shape index (κ1) is 24.1. The minimum Gasteiger partial charge on any atom is -0.198 e. The van der Waals surface area contributed by atoms with Crippen molar-refractivity contribution in [2.24, 2.45) is 35.0 Å². The van der Waals surface area contributed by atoms with E-state index in [9.17, 15) is 5.26 Å². The van der Waals surface area contributed by atoms with E-state index in [-0.39, 0.29) is 5.41 Å². The monoisotopic (exact) mass is 413 g/mol. The Bertz CT molecular complexity index is 493. The van der Waals surface area contributed by atoms with Gasteiger partial charge >= 0.3 is 0 Å². The second kappa shape index (κ2) is 12.5. The highest BCUT2D eigenvalue weighted by atomic mass is 14.5. The molecule has 0 aromatic carbocycles. The van der Waals surface area contributed by atoms with Gasteiger partial charge in [0.05, 0.1) is 11.5 Å². The van der Waals surface area contributed by atoms with Gasteiger partial charge in [0, 0.05) is 0 Å². The Morgan fingerprint density at radius 2 is 1.20 bits per heavy atom. The van der Waals surface area contributed by atoms with Crippen molar-refractivity contribution in [2.45, 2.75) is 142 Å². The second-order valence-electron chi connectivity index (χ2n) is 11.6. The lowest BCUT2D eigenvalue weighted by Gasteiger charge is -2.45. The molecule has 0 radical (unpaired) electrons. The molecule has 0 saturated heterocycles. The van der Waals surface area contributed by atoms with E-state index >= 15 is 0 Å². The Labute approximate surface area is 188 Å². The third kappa shape index (κ3) is 6.50. The standard InChI is InChI=1S/C29H51N/c1-3-5-6-7-8-10-25-19-21-29(23-30,22-20-25)28-17-15-27(16-18-28)26-13-11-24(9-4-2)12-14-26/h24-28H,3-22H2,1-2H3. The maximum absolute atomic E-state index is 10.2. The van der Waals surface area contributed by atoms with Crippen LogP contribution in [0.3, 0.4) is 0 Å². The van der Waals surface area contributed by atoms with E-state index in [1.165, 1.54) is 128 Å². The minimum absolute atomic E-state index is 0.0441. The molecular formula is C29H51N. The molecule has 1 heteroatoms. The van der Waals surface area contributed by atoms with Crippen LogP contribution in [-0.2, 0) is 0 Å². The molecule has 0 amide bonds. The molecule has 30 heavy (non-hydrogen) atoms. The zero-order chi connectivity index (χ0) is 21.2. The van der Waals surface area contributed by atoms with Crippen molar-refractivity contribution in [1.82, 2.24) is 0 Å². The molecule has 0 unspecified atom stereocenters. The maximum atomic E-state index is 10.2. The van der Waals surface area contributed by atoms with Crippen LogP contribution < -0.4 is 0 Å². The summed E-state index contributed by atoms with van der Waals surface area (Å²) in [6.07, 6.45) is 28.0. The second-order valence-corrected chi connectivity index (χ2v) is 11.6. The smallest absolute Gasteiger partial charge is 0.0692 e. The van der Waals surface area contributed by atoms with Gasteiger partial charge < -0.3 is 0 Å². The molecular weight excluding hydrogens is 362 g/mol. The Morgan fingerprint density at radius 3 is 1.77 bits per heavy atom. The fourth-order valence-corrected chi connectivity index (χ4v) is 7.63. The van der Waals surface area contributed by atoms with E-state index in [1.807, 2.05) is 0 Å². The molecule has 0 heterocycles. The van der Waals surface area contributed by atoms with Gasteiger partial charge in [0.2, 0.25) is 0 Å². The van der Waals surface area contributed by atoms with Gasteiger partial charge in [-0.3, -0.25) is 0 Å². The Balaban J connectivity index is 1.38. The van der Waals surface area contributed by atoms with Gasteiger partial charge in [-0.2, -0.15) is 5.26 Å². The number of unbranched alkanes of at least 4 members (excludes halogenated alkanes) is 4.